The summed E-state index contributed by atoms with van der Waals surface area (Å²) < 4.78 is 5.31. The van der Waals surface area contributed by atoms with Gasteiger partial charge in [-0.2, -0.15) is 0 Å². The van der Waals surface area contributed by atoms with Gasteiger partial charge in [-0.1, -0.05) is 96.8 Å². The molecule has 0 radical (unpaired) electrons. The molecule has 160 valence electrons. The molecular weight excluding hydrogens is 340 g/mol. The molecule has 4 nitrogen and oxygen atoms in total. The number of hydrogen-bond donors (Lipinski definition) is 1. The van der Waals surface area contributed by atoms with Crippen molar-refractivity contribution >= 4 is 11.9 Å². The van der Waals surface area contributed by atoms with Crippen molar-refractivity contribution in [1.29, 1.82) is 0 Å². The average molecular weight is 385 g/mol. The SMILES string of the molecule is CCCCCCCCCCOC(=O)CCCCCCCCCCCC(=O)O. The number of unbranched alkanes of at least 4 members (excludes halogenated alkanes) is 15. The van der Waals surface area contributed by atoms with Gasteiger partial charge >= 0.3 is 11.9 Å². The van der Waals surface area contributed by atoms with Gasteiger partial charge in [0.2, 0.25) is 0 Å². The molecule has 27 heavy (non-hydrogen) atoms. The zero-order valence-electron chi connectivity index (χ0n) is 17.8. The summed E-state index contributed by atoms with van der Waals surface area (Å²) in [6.07, 6.45) is 20.8. The first-order chi connectivity index (χ1) is 13.2. The molecule has 0 aromatic heterocycles. The predicted molar refractivity (Wildman–Crippen MR) is 112 cm³/mol. The summed E-state index contributed by atoms with van der Waals surface area (Å²) in [5.74, 6) is -0.720. The summed E-state index contributed by atoms with van der Waals surface area (Å²) >= 11 is 0. The maximum Gasteiger partial charge on any atom is 0.305 e. The van der Waals surface area contributed by atoms with E-state index in [2.05, 4.69) is 6.92 Å². The van der Waals surface area contributed by atoms with Crippen molar-refractivity contribution in [2.24, 2.45) is 0 Å². The summed E-state index contributed by atoms with van der Waals surface area (Å²) in [5, 5.41) is 8.56. The summed E-state index contributed by atoms with van der Waals surface area (Å²) in [6, 6.07) is 0. The Labute approximate surface area is 167 Å². The van der Waals surface area contributed by atoms with Gasteiger partial charge in [0.1, 0.15) is 0 Å². The van der Waals surface area contributed by atoms with Crippen molar-refractivity contribution in [3.63, 3.8) is 0 Å². The molecule has 1 N–H and O–H groups in total. The van der Waals surface area contributed by atoms with E-state index in [9.17, 15) is 9.59 Å². The van der Waals surface area contributed by atoms with Crippen molar-refractivity contribution in [3.05, 3.63) is 0 Å². The van der Waals surface area contributed by atoms with Gasteiger partial charge < -0.3 is 9.84 Å². The molecule has 0 aromatic carbocycles. The number of carboxylic acid groups (broad SMARTS) is 1. The highest BCUT2D eigenvalue weighted by atomic mass is 16.5. The fourth-order valence-electron chi connectivity index (χ4n) is 3.28. The Hall–Kier alpha value is -1.06. The highest BCUT2D eigenvalue weighted by molar-refractivity contribution is 5.69. The second kappa shape index (κ2) is 21.2. The third-order valence-electron chi connectivity index (χ3n) is 5.03. The summed E-state index contributed by atoms with van der Waals surface area (Å²) in [5.41, 5.74) is 0. The van der Waals surface area contributed by atoms with E-state index in [1.807, 2.05) is 0 Å². The Morgan fingerprint density at radius 1 is 0.593 bits per heavy atom. The smallest absolute Gasteiger partial charge is 0.305 e. The van der Waals surface area contributed by atoms with E-state index < -0.39 is 5.97 Å². The maximum absolute atomic E-state index is 11.7. The number of esters is 1. The van der Waals surface area contributed by atoms with Gasteiger partial charge in [0.25, 0.3) is 0 Å². The molecule has 0 heterocycles. The van der Waals surface area contributed by atoms with E-state index in [1.54, 1.807) is 0 Å². The Balaban J connectivity index is 3.16. The molecule has 0 spiro atoms. The normalized spacial score (nSPS) is 10.9. The highest BCUT2D eigenvalue weighted by Crippen LogP contribution is 2.12. The Morgan fingerprint density at radius 3 is 1.48 bits per heavy atom. The average Bonchev–Trinajstić information content (AvgIpc) is 2.64. The third kappa shape index (κ3) is 22.9. The molecule has 0 atom stereocenters. The minimum Gasteiger partial charge on any atom is -0.481 e. The standard InChI is InChI=1S/C23H44O4/c1-2-3-4-5-6-12-15-18-21-27-23(26)20-17-14-11-9-7-8-10-13-16-19-22(24)25/h2-21H2,1H3,(H,24,25). The highest BCUT2D eigenvalue weighted by Gasteiger charge is 2.02. The van der Waals surface area contributed by atoms with Crippen LogP contribution < -0.4 is 0 Å². The van der Waals surface area contributed by atoms with Crippen LogP contribution in [0.1, 0.15) is 129 Å². The van der Waals surface area contributed by atoms with Gasteiger partial charge in [-0.05, 0) is 19.3 Å². The molecule has 0 saturated carbocycles. The molecule has 0 aliphatic carbocycles. The first-order valence-electron chi connectivity index (χ1n) is 11.5. The summed E-state index contributed by atoms with van der Waals surface area (Å²) in [4.78, 5) is 22.1. The van der Waals surface area contributed by atoms with Gasteiger partial charge in [0.05, 0.1) is 6.61 Å². The lowest BCUT2D eigenvalue weighted by molar-refractivity contribution is -0.144. The van der Waals surface area contributed by atoms with E-state index in [1.165, 1.54) is 70.6 Å². The largest absolute Gasteiger partial charge is 0.481 e. The van der Waals surface area contributed by atoms with Crippen LogP contribution in [0, 0.1) is 0 Å². The molecule has 0 aliphatic rings. The molecule has 0 fully saturated rings. The van der Waals surface area contributed by atoms with Crippen LogP contribution in [0.25, 0.3) is 0 Å². The van der Waals surface area contributed by atoms with Crippen molar-refractivity contribution in [3.8, 4) is 0 Å². The lowest BCUT2D eigenvalue weighted by Gasteiger charge is -2.05. The van der Waals surface area contributed by atoms with E-state index in [4.69, 9.17) is 9.84 Å². The van der Waals surface area contributed by atoms with E-state index in [0.717, 1.165) is 38.5 Å². The van der Waals surface area contributed by atoms with Crippen LogP contribution in [0.5, 0.6) is 0 Å². The molecule has 0 rings (SSSR count). The first-order valence-corrected chi connectivity index (χ1v) is 11.5. The van der Waals surface area contributed by atoms with Gasteiger partial charge in [-0.15, -0.1) is 0 Å². The molecule has 0 bridgehead atoms. The quantitative estimate of drug-likeness (QED) is 0.170. The van der Waals surface area contributed by atoms with E-state index in [-0.39, 0.29) is 5.97 Å². The minimum absolute atomic E-state index is 0.0311. The lowest BCUT2D eigenvalue weighted by Crippen LogP contribution is -2.05. The maximum atomic E-state index is 11.7. The molecule has 4 heteroatoms. The van der Waals surface area contributed by atoms with Crippen LogP contribution >= 0.6 is 0 Å². The topological polar surface area (TPSA) is 63.6 Å². The minimum atomic E-state index is -0.689. The lowest BCUT2D eigenvalue weighted by atomic mass is 10.1. The van der Waals surface area contributed by atoms with Crippen molar-refractivity contribution in [2.45, 2.75) is 129 Å². The van der Waals surface area contributed by atoms with Crippen LogP contribution in [-0.2, 0) is 14.3 Å². The second-order valence-electron chi connectivity index (χ2n) is 7.77. The molecule has 0 unspecified atom stereocenters. The number of carbonyl (C=O) groups excluding carboxylic acids is 1. The molecule has 0 saturated heterocycles. The van der Waals surface area contributed by atoms with Gasteiger partial charge in [-0.25, -0.2) is 0 Å². The second-order valence-corrected chi connectivity index (χ2v) is 7.77. The van der Waals surface area contributed by atoms with Gasteiger partial charge in [0.15, 0.2) is 0 Å². The molecular formula is C23H44O4. The fraction of sp³-hybridized carbons (Fsp3) is 0.913. The number of ether oxygens (including phenoxy) is 1. The number of aliphatic carboxylic acids is 1. The van der Waals surface area contributed by atoms with Crippen LogP contribution in [0.4, 0.5) is 0 Å². The zero-order valence-corrected chi connectivity index (χ0v) is 17.8. The number of hydrogen-bond acceptors (Lipinski definition) is 3. The van der Waals surface area contributed by atoms with Crippen LogP contribution in [0.2, 0.25) is 0 Å². The van der Waals surface area contributed by atoms with Gasteiger partial charge in [0, 0.05) is 12.8 Å². The van der Waals surface area contributed by atoms with Crippen LogP contribution in [0.15, 0.2) is 0 Å². The Bertz CT molecular complexity index is 341. The van der Waals surface area contributed by atoms with Crippen molar-refractivity contribution in [2.75, 3.05) is 6.61 Å². The summed E-state index contributed by atoms with van der Waals surface area (Å²) in [7, 11) is 0. The molecule has 0 aliphatic heterocycles. The Morgan fingerprint density at radius 2 is 1.00 bits per heavy atom. The first kappa shape index (κ1) is 25.9. The van der Waals surface area contributed by atoms with Crippen molar-refractivity contribution in [1.82, 2.24) is 0 Å². The van der Waals surface area contributed by atoms with Crippen molar-refractivity contribution < 1.29 is 19.4 Å². The number of carbonyl (C=O) groups is 2. The summed E-state index contributed by atoms with van der Waals surface area (Å²) in [6.45, 7) is 2.83. The van der Waals surface area contributed by atoms with E-state index >= 15 is 0 Å². The monoisotopic (exact) mass is 384 g/mol. The van der Waals surface area contributed by atoms with Gasteiger partial charge in [-0.3, -0.25) is 9.59 Å². The fourth-order valence-corrected chi connectivity index (χ4v) is 3.28. The zero-order chi connectivity index (χ0) is 20.0. The third-order valence-corrected chi connectivity index (χ3v) is 5.03. The predicted octanol–water partition coefficient (Wildman–Crippen LogP) is 7.05. The molecule has 0 aromatic rings. The van der Waals surface area contributed by atoms with E-state index in [0.29, 0.717) is 19.4 Å². The number of rotatable bonds is 21. The molecule has 0 amide bonds. The van der Waals surface area contributed by atoms with Crippen LogP contribution in [0.3, 0.4) is 0 Å². The Kier molecular flexibility index (Phi) is 20.4. The van der Waals surface area contributed by atoms with Crippen LogP contribution in [-0.4, -0.2) is 23.7 Å². The number of carboxylic acids is 1.